The summed E-state index contributed by atoms with van der Waals surface area (Å²) in [4.78, 5) is 33.8. The van der Waals surface area contributed by atoms with E-state index >= 15 is 0 Å². The number of carboxylic acids is 1. The molecule has 0 saturated carbocycles. The molecule has 6 nitrogen and oxygen atoms in total. The summed E-state index contributed by atoms with van der Waals surface area (Å²) in [6.45, 7) is 4.32. The maximum atomic E-state index is 11.6. The molecule has 0 atom stereocenters. The lowest BCUT2D eigenvalue weighted by atomic mass is 10.1. The van der Waals surface area contributed by atoms with Gasteiger partial charge in [0.2, 0.25) is 11.8 Å². The van der Waals surface area contributed by atoms with Crippen molar-refractivity contribution in [2.24, 2.45) is 5.92 Å². The second-order valence-corrected chi connectivity index (χ2v) is 5.49. The van der Waals surface area contributed by atoms with Crippen LogP contribution in [0.4, 0.5) is 0 Å². The van der Waals surface area contributed by atoms with E-state index in [-0.39, 0.29) is 23.9 Å². The number of hydrogen-bond donors (Lipinski definition) is 3. The highest BCUT2D eigenvalue weighted by Gasteiger charge is 2.07. The van der Waals surface area contributed by atoms with Gasteiger partial charge in [-0.1, -0.05) is 26.0 Å². The molecule has 3 N–H and O–H groups in total. The van der Waals surface area contributed by atoms with Crippen LogP contribution >= 0.6 is 0 Å². The van der Waals surface area contributed by atoms with Gasteiger partial charge < -0.3 is 15.7 Å². The van der Waals surface area contributed by atoms with Crippen LogP contribution in [0, 0.1) is 5.92 Å². The summed E-state index contributed by atoms with van der Waals surface area (Å²) in [7, 11) is 0. The Balaban J connectivity index is 2.28. The van der Waals surface area contributed by atoms with Gasteiger partial charge in [-0.25, -0.2) is 4.79 Å². The average molecular weight is 306 g/mol. The minimum Gasteiger partial charge on any atom is -0.478 e. The third-order valence-electron chi connectivity index (χ3n) is 3.09. The molecule has 0 bridgehead atoms. The minimum absolute atomic E-state index is 0.0515. The smallest absolute Gasteiger partial charge is 0.335 e. The summed E-state index contributed by atoms with van der Waals surface area (Å²) in [5, 5.41) is 14.0. The first-order valence-corrected chi connectivity index (χ1v) is 7.24. The second-order valence-electron chi connectivity index (χ2n) is 5.49. The number of benzene rings is 1. The molecule has 2 amide bonds. The molecule has 0 aromatic heterocycles. The molecule has 0 heterocycles. The van der Waals surface area contributed by atoms with Crippen LogP contribution in [-0.4, -0.2) is 29.4 Å². The summed E-state index contributed by atoms with van der Waals surface area (Å²) in [5.74, 6) is -0.942. The summed E-state index contributed by atoms with van der Waals surface area (Å²) in [6, 6.07) is 6.25. The van der Waals surface area contributed by atoms with E-state index in [9.17, 15) is 14.4 Å². The number of aromatic carboxylic acids is 1. The number of carbonyl (C=O) groups is 3. The molecule has 120 valence electrons. The van der Waals surface area contributed by atoms with Gasteiger partial charge in [0.05, 0.1) is 12.1 Å². The predicted molar refractivity (Wildman–Crippen MR) is 82.3 cm³/mol. The molecule has 0 aliphatic heterocycles. The fraction of sp³-hybridized carbons (Fsp3) is 0.438. The van der Waals surface area contributed by atoms with Gasteiger partial charge in [-0.05, 0) is 30.0 Å². The quantitative estimate of drug-likeness (QED) is 0.679. The SMILES string of the molecule is CC(C)CCC(=O)NCC(=O)NCc1ccc(C(=O)O)cc1. The fourth-order valence-electron chi connectivity index (χ4n) is 1.72. The van der Waals surface area contributed by atoms with Crippen molar-refractivity contribution in [3.63, 3.8) is 0 Å². The van der Waals surface area contributed by atoms with Crippen molar-refractivity contribution >= 4 is 17.8 Å². The van der Waals surface area contributed by atoms with Gasteiger partial charge >= 0.3 is 5.97 Å². The van der Waals surface area contributed by atoms with Crippen LogP contribution in [0.25, 0.3) is 0 Å². The molecule has 1 aromatic rings. The van der Waals surface area contributed by atoms with E-state index in [0.29, 0.717) is 18.9 Å². The Morgan fingerprint density at radius 2 is 1.68 bits per heavy atom. The normalized spacial score (nSPS) is 10.3. The Bertz CT molecular complexity index is 523. The molecule has 0 unspecified atom stereocenters. The van der Waals surface area contributed by atoms with Gasteiger partial charge in [0, 0.05) is 13.0 Å². The van der Waals surface area contributed by atoms with Crippen LogP contribution in [0.3, 0.4) is 0 Å². The summed E-state index contributed by atoms with van der Waals surface area (Å²) >= 11 is 0. The van der Waals surface area contributed by atoms with Crippen LogP contribution in [-0.2, 0) is 16.1 Å². The van der Waals surface area contributed by atoms with Gasteiger partial charge in [-0.15, -0.1) is 0 Å². The first-order valence-electron chi connectivity index (χ1n) is 7.24. The van der Waals surface area contributed by atoms with Crippen LogP contribution in [0.15, 0.2) is 24.3 Å². The topological polar surface area (TPSA) is 95.5 Å². The van der Waals surface area contributed by atoms with Crippen molar-refractivity contribution in [1.29, 1.82) is 0 Å². The largest absolute Gasteiger partial charge is 0.478 e. The van der Waals surface area contributed by atoms with Gasteiger partial charge in [0.15, 0.2) is 0 Å². The van der Waals surface area contributed by atoms with Crippen LogP contribution in [0.2, 0.25) is 0 Å². The van der Waals surface area contributed by atoms with Crippen molar-refractivity contribution in [1.82, 2.24) is 10.6 Å². The lowest BCUT2D eigenvalue weighted by Gasteiger charge is -2.08. The highest BCUT2D eigenvalue weighted by Crippen LogP contribution is 2.04. The number of carboxylic acid groups (broad SMARTS) is 1. The molecular formula is C16H22N2O4. The Labute approximate surface area is 129 Å². The number of carbonyl (C=O) groups excluding carboxylic acids is 2. The molecule has 22 heavy (non-hydrogen) atoms. The first kappa shape index (κ1) is 17.7. The number of rotatable bonds is 8. The maximum Gasteiger partial charge on any atom is 0.335 e. The van der Waals surface area contributed by atoms with E-state index in [1.165, 1.54) is 12.1 Å². The number of nitrogens with one attached hydrogen (secondary N) is 2. The van der Waals surface area contributed by atoms with E-state index in [4.69, 9.17) is 5.11 Å². The van der Waals surface area contributed by atoms with E-state index in [1.54, 1.807) is 12.1 Å². The predicted octanol–water partition coefficient (Wildman–Crippen LogP) is 1.55. The maximum absolute atomic E-state index is 11.6. The van der Waals surface area contributed by atoms with Gasteiger partial charge in [0.25, 0.3) is 0 Å². The first-order chi connectivity index (χ1) is 10.4. The standard InChI is InChI=1S/C16H22N2O4/c1-11(2)3-8-14(19)18-10-15(20)17-9-12-4-6-13(7-5-12)16(21)22/h4-7,11H,3,8-10H2,1-2H3,(H,17,20)(H,18,19)(H,21,22). The minimum atomic E-state index is -0.986. The third kappa shape index (κ3) is 6.88. The average Bonchev–Trinajstić information content (AvgIpc) is 2.49. The lowest BCUT2D eigenvalue weighted by molar-refractivity contribution is -0.126. The molecule has 1 rings (SSSR count). The summed E-state index contributed by atoms with van der Waals surface area (Å²) in [6.07, 6.45) is 1.21. The highest BCUT2D eigenvalue weighted by molar-refractivity contribution is 5.87. The highest BCUT2D eigenvalue weighted by atomic mass is 16.4. The monoisotopic (exact) mass is 306 g/mol. The Hall–Kier alpha value is -2.37. The van der Waals surface area contributed by atoms with Gasteiger partial charge in [-0.3, -0.25) is 9.59 Å². The zero-order chi connectivity index (χ0) is 16.5. The lowest BCUT2D eigenvalue weighted by Crippen LogP contribution is -2.36. The molecule has 0 fully saturated rings. The Morgan fingerprint density at radius 1 is 1.05 bits per heavy atom. The van der Waals surface area contributed by atoms with E-state index in [0.717, 1.165) is 12.0 Å². The van der Waals surface area contributed by atoms with Gasteiger partial charge in [-0.2, -0.15) is 0 Å². The molecule has 0 spiro atoms. The zero-order valence-electron chi connectivity index (χ0n) is 12.9. The molecule has 0 aliphatic rings. The molecular weight excluding hydrogens is 284 g/mol. The van der Waals surface area contributed by atoms with E-state index in [1.807, 2.05) is 13.8 Å². The summed E-state index contributed by atoms with van der Waals surface area (Å²) < 4.78 is 0. The number of amides is 2. The van der Waals surface area contributed by atoms with Crippen molar-refractivity contribution in [3.05, 3.63) is 35.4 Å². The fourth-order valence-corrected chi connectivity index (χ4v) is 1.72. The third-order valence-corrected chi connectivity index (χ3v) is 3.09. The molecule has 0 saturated heterocycles. The zero-order valence-corrected chi connectivity index (χ0v) is 12.9. The van der Waals surface area contributed by atoms with Gasteiger partial charge in [0.1, 0.15) is 0 Å². The van der Waals surface area contributed by atoms with E-state index < -0.39 is 5.97 Å². The van der Waals surface area contributed by atoms with Crippen LogP contribution in [0.1, 0.15) is 42.6 Å². The molecule has 0 aliphatic carbocycles. The molecule has 6 heteroatoms. The summed E-state index contributed by atoms with van der Waals surface area (Å²) in [5.41, 5.74) is 0.997. The molecule has 1 aromatic carbocycles. The molecule has 0 radical (unpaired) electrons. The van der Waals surface area contributed by atoms with Crippen molar-refractivity contribution in [3.8, 4) is 0 Å². The second kappa shape index (κ2) is 8.81. The van der Waals surface area contributed by atoms with Crippen molar-refractivity contribution in [2.75, 3.05) is 6.54 Å². The number of hydrogen-bond acceptors (Lipinski definition) is 3. The Morgan fingerprint density at radius 3 is 2.23 bits per heavy atom. The Kier molecular flexibility index (Phi) is 7.08. The van der Waals surface area contributed by atoms with Crippen molar-refractivity contribution in [2.45, 2.75) is 33.2 Å². The van der Waals surface area contributed by atoms with Crippen molar-refractivity contribution < 1.29 is 19.5 Å². The van der Waals surface area contributed by atoms with E-state index in [2.05, 4.69) is 10.6 Å². The van der Waals surface area contributed by atoms with Crippen LogP contribution < -0.4 is 10.6 Å². The van der Waals surface area contributed by atoms with Crippen LogP contribution in [0.5, 0.6) is 0 Å².